The Hall–Kier alpha value is -5.04. The van der Waals surface area contributed by atoms with Gasteiger partial charge in [0, 0.05) is 39.2 Å². The van der Waals surface area contributed by atoms with Crippen LogP contribution < -0.4 is 16.4 Å². The zero-order valence-electron chi connectivity index (χ0n) is 20.9. The van der Waals surface area contributed by atoms with Crippen LogP contribution in [0.4, 0.5) is 33.6 Å². The van der Waals surface area contributed by atoms with Crippen molar-refractivity contribution in [3.05, 3.63) is 111 Å². The lowest BCUT2D eigenvalue weighted by Crippen LogP contribution is -2.21. The average Bonchev–Trinajstić information content (AvgIpc) is 3.48. The molecule has 8 nitrogen and oxygen atoms in total. The molecule has 0 fully saturated rings. The minimum Gasteiger partial charge on any atom is -0.368 e. The van der Waals surface area contributed by atoms with Crippen molar-refractivity contribution >= 4 is 40.7 Å². The topological polar surface area (TPSA) is 114 Å². The molecule has 2 aromatic heterocycles. The van der Waals surface area contributed by atoms with E-state index < -0.39 is 46.8 Å². The van der Waals surface area contributed by atoms with E-state index in [4.69, 9.17) is 17.3 Å². The molecular formula is C28H16ClF5N6O2. The van der Waals surface area contributed by atoms with Gasteiger partial charge in [-0.15, -0.1) is 10.2 Å². The van der Waals surface area contributed by atoms with Crippen LogP contribution in [0.2, 0.25) is 5.02 Å². The Morgan fingerprint density at radius 3 is 2.52 bits per heavy atom. The van der Waals surface area contributed by atoms with Gasteiger partial charge in [-0.2, -0.15) is 13.2 Å². The second-order valence-corrected chi connectivity index (χ2v) is 9.85. The molecule has 3 heterocycles. The number of carbonyl (C=O) groups excluding carboxylic acids is 2. The largest absolute Gasteiger partial charge is 0.416 e. The van der Waals surface area contributed by atoms with Crippen LogP contribution in [0.5, 0.6) is 0 Å². The third-order valence-corrected chi connectivity index (χ3v) is 7.10. The third-order valence-electron chi connectivity index (χ3n) is 6.76. The molecule has 42 heavy (non-hydrogen) atoms. The molecule has 4 N–H and O–H groups in total. The van der Waals surface area contributed by atoms with E-state index in [9.17, 15) is 31.5 Å². The number of benzene rings is 3. The Bertz CT molecular complexity index is 1940. The Morgan fingerprint density at radius 2 is 1.76 bits per heavy atom. The summed E-state index contributed by atoms with van der Waals surface area (Å²) in [6.45, 7) is 0. The molecule has 0 aliphatic carbocycles. The highest BCUT2D eigenvalue weighted by Gasteiger charge is 2.36. The maximum atomic E-state index is 14.2. The summed E-state index contributed by atoms with van der Waals surface area (Å²) < 4.78 is 69.8. The summed E-state index contributed by atoms with van der Waals surface area (Å²) in [6.07, 6.45) is -3.31. The number of carbonyl (C=O) groups is 2. The van der Waals surface area contributed by atoms with E-state index >= 15 is 0 Å². The first kappa shape index (κ1) is 27.1. The lowest BCUT2D eigenvalue weighted by Gasteiger charge is -2.19. The van der Waals surface area contributed by atoms with Gasteiger partial charge in [0.2, 0.25) is 5.95 Å². The number of nitrogens with two attached hydrogens (primary N) is 1. The van der Waals surface area contributed by atoms with Crippen molar-refractivity contribution in [2.24, 2.45) is 0 Å². The third kappa shape index (κ3) is 4.77. The van der Waals surface area contributed by atoms with E-state index in [0.717, 1.165) is 12.1 Å². The van der Waals surface area contributed by atoms with Gasteiger partial charge in [-0.05, 0) is 71.8 Å². The summed E-state index contributed by atoms with van der Waals surface area (Å²) in [5.74, 6) is -3.48. The number of amides is 2. The molecule has 0 bridgehead atoms. The fraction of sp³-hybridized carbons (Fsp3) is 0.0714. The van der Waals surface area contributed by atoms with Crippen molar-refractivity contribution in [3.8, 4) is 11.1 Å². The van der Waals surface area contributed by atoms with Gasteiger partial charge in [-0.3, -0.25) is 14.0 Å². The molecule has 0 unspecified atom stereocenters. The van der Waals surface area contributed by atoms with E-state index in [1.807, 2.05) is 0 Å². The van der Waals surface area contributed by atoms with Crippen LogP contribution in [0.25, 0.3) is 16.8 Å². The Kier molecular flexibility index (Phi) is 6.34. The highest BCUT2D eigenvalue weighted by Crippen LogP contribution is 2.42. The highest BCUT2D eigenvalue weighted by molar-refractivity contribution is 6.31. The van der Waals surface area contributed by atoms with Crippen LogP contribution in [0.3, 0.4) is 0 Å². The molecule has 0 saturated carbocycles. The average molecular weight is 599 g/mol. The van der Waals surface area contributed by atoms with E-state index in [2.05, 4.69) is 20.8 Å². The van der Waals surface area contributed by atoms with Crippen molar-refractivity contribution < 1.29 is 31.5 Å². The van der Waals surface area contributed by atoms with E-state index in [-0.39, 0.29) is 39.4 Å². The van der Waals surface area contributed by atoms with Gasteiger partial charge in [0.15, 0.2) is 5.65 Å². The van der Waals surface area contributed by atoms with Gasteiger partial charge >= 0.3 is 6.18 Å². The summed E-state index contributed by atoms with van der Waals surface area (Å²) in [6, 6.07) is 10.2. The standard InChI is InChI=1S/C28H16ClF5N6O2/c29-20-3-2-16(30)10-18(20)24-23-19(26(42)37-24)7-13(12-1-4-22-38-39-27(35)40(22)11-12)8-21(23)36-25(41)14-5-15(28(32,33)34)9-17(31)6-14/h1-11,24H,(H2,35,39)(H,36,41)(H,37,42)/t24-/m1/s1. The normalized spacial score (nSPS) is 14.6. The van der Waals surface area contributed by atoms with E-state index in [1.165, 1.54) is 22.6 Å². The summed E-state index contributed by atoms with van der Waals surface area (Å²) >= 11 is 6.33. The van der Waals surface area contributed by atoms with Gasteiger partial charge in [-0.25, -0.2) is 8.78 Å². The first-order valence-electron chi connectivity index (χ1n) is 12.1. The van der Waals surface area contributed by atoms with E-state index in [1.54, 1.807) is 18.3 Å². The van der Waals surface area contributed by atoms with Crippen LogP contribution >= 0.6 is 11.6 Å². The van der Waals surface area contributed by atoms with Crippen LogP contribution in [0, 0.1) is 11.6 Å². The maximum Gasteiger partial charge on any atom is 0.416 e. The van der Waals surface area contributed by atoms with Crippen LogP contribution in [0.1, 0.15) is 43.4 Å². The molecule has 212 valence electrons. The molecule has 0 radical (unpaired) electrons. The number of nitrogen functional groups attached to an aromatic ring is 1. The van der Waals surface area contributed by atoms with Gasteiger partial charge in [0.25, 0.3) is 11.8 Å². The van der Waals surface area contributed by atoms with Crippen molar-refractivity contribution in [1.82, 2.24) is 19.9 Å². The number of aromatic nitrogens is 3. The monoisotopic (exact) mass is 598 g/mol. The highest BCUT2D eigenvalue weighted by atomic mass is 35.5. The molecule has 14 heteroatoms. The Morgan fingerprint density at radius 1 is 0.976 bits per heavy atom. The van der Waals surface area contributed by atoms with E-state index in [0.29, 0.717) is 28.9 Å². The summed E-state index contributed by atoms with van der Waals surface area (Å²) in [5, 5.41) is 13.1. The first-order chi connectivity index (χ1) is 19.9. The molecule has 1 aliphatic heterocycles. The molecule has 0 saturated heterocycles. The predicted molar refractivity (Wildman–Crippen MR) is 143 cm³/mol. The first-order valence-corrected chi connectivity index (χ1v) is 12.5. The van der Waals surface area contributed by atoms with Crippen LogP contribution in [0.15, 0.2) is 66.9 Å². The quantitative estimate of drug-likeness (QED) is 0.219. The molecule has 1 atom stereocenters. The van der Waals surface area contributed by atoms with Gasteiger partial charge in [-0.1, -0.05) is 11.6 Å². The molecule has 0 spiro atoms. The molecule has 5 aromatic rings. The number of anilines is 2. The molecule has 2 amide bonds. The fourth-order valence-corrected chi connectivity index (χ4v) is 5.06. The van der Waals surface area contributed by atoms with Gasteiger partial charge in [0.1, 0.15) is 11.6 Å². The van der Waals surface area contributed by atoms with Gasteiger partial charge in [0.05, 0.1) is 11.6 Å². The molecular weight excluding hydrogens is 583 g/mol. The van der Waals surface area contributed by atoms with Crippen molar-refractivity contribution in [3.63, 3.8) is 0 Å². The predicted octanol–water partition coefficient (Wildman–Crippen LogP) is 6.01. The smallest absolute Gasteiger partial charge is 0.368 e. The summed E-state index contributed by atoms with van der Waals surface area (Å²) in [7, 11) is 0. The second-order valence-electron chi connectivity index (χ2n) is 9.44. The van der Waals surface area contributed by atoms with Crippen molar-refractivity contribution in [1.29, 1.82) is 0 Å². The number of fused-ring (bicyclic) bond motifs is 2. The number of hydrogen-bond acceptors (Lipinski definition) is 5. The second kappa shape index (κ2) is 9.80. The van der Waals surface area contributed by atoms with Crippen LogP contribution in [-0.4, -0.2) is 26.4 Å². The lowest BCUT2D eigenvalue weighted by atomic mass is 9.93. The lowest BCUT2D eigenvalue weighted by molar-refractivity contribution is -0.137. The Labute approximate surface area is 237 Å². The van der Waals surface area contributed by atoms with Gasteiger partial charge < -0.3 is 16.4 Å². The van der Waals surface area contributed by atoms with Crippen LogP contribution in [-0.2, 0) is 6.18 Å². The number of rotatable bonds is 4. The summed E-state index contributed by atoms with van der Waals surface area (Å²) in [4.78, 5) is 26.4. The minimum absolute atomic E-state index is 0.00850. The van der Waals surface area contributed by atoms with Crippen molar-refractivity contribution in [2.45, 2.75) is 12.2 Å². The molecule has 6 rings (SSSR count). The molecule has 1 aliphatic rings. The number of alkyl halides is 3. The SMILES string of the molecule is Nc1nnc2ccc(-c3cc(NC(=O)c4cc(F)cc(C(F)(F)F)c4)c4c(c3)C(=O)N[C@@H]4c3cc(F)ccc3Cl)cn12. The number of nitrogens with one attached hydrogen (secondary N) is 2. The zero-order valence-corrected chi connectivity index (χ0v) is 21.7. The zero-order chi connectivity index (χ0) is 29.9. The fourth-order valence-electron chi connectivity index (χ4n) is 4.83. The maximum absolute atomic E-state index is 14.2. The number of hydrogen-bond donors (Lipinski definition) is 3. The number of halogens is 6. The molecule has 3 aromatic carbocycles. The summed E-state index contributed by atoms with van der Waals surface area (Å²) in [5.41, 5.74) is 5.69. The Balaban J connectivity index is 1.52. The minimum atomic E-state index is -4.91. The number of pyridine rings is 1. The van der Waals surface area contributed by atoms with Crippen molar-refractivity contribution in [2.75, 3.05) is 11.1 Å². The number of nitrogens with zero attached hydrogens (tertiary/aromatic N) is 3.